The van der Waals surface area contributed by atoms with E-state index in [0.717, 1.165) is 34.4 Å². The number of halogens is 3. The van der Waals surface area contributed by atoms with E-state index in [1.165, 1.54) is 12.1 Å². The summed E-state index contributed by atoms with van der Waals surface area (Å²) < 4.78 is 37.5. The van der Waals surface area contributed by atoms with Crippen LogP contribution in [0.2, 0.25) is 0 Å². The maximum atomic E-state index is 12.5. The SMILES string of the molecule is FC(F)(F)c1ccc(C2=Cc3ccccc3[CH]2)cc1.[Zr]. The summed E-state index contributed by atoms with van der Waals surface area (Å²) in [4.78, 5) is 0. The molecule has 0 amide bonds. The summed E-state index contributed by atoms with van der Waals surface area (Å²) in [7, 11) is 0. The van der Waals surface area contributed by atoms with Gasteiger partial charge in [-0.05, 0) is 34.4 Å². The van der Waals surface area contributed by atoms with Crippen LogP contribution in [0, 0.1) is 6.42 Å². The fourth-order valence-corrected chi connectivity index (χ4v) is 2.17. The number of hydrogen-bond acceptors (Lipinski definition) is 0. The van der Waals surface area contributed by atoms with E-state index < -0.39 is 11.7 Å². The van der Waals surface area contributed by atoms with Crippen molar-refractivity contribution in [2.75, 3.05) is 0 Å². The summed E-state index contributed by atoms with van der Waals surface area (Å²) in [5.74, 6) is 0. The third-order valence-corrected chi connectivity index (χ3v) is 3.16. The molecule has 1 aliphatic carbocycles. The van der Waals surface area contributed by atoms with Crippen LogP contribution in [0.15, 0.2) is 48.5 Å². The molecular formula is C16H10F3Zr. The molecule has 99 valence electrons. The van der Waals surface area contributed by atoms with Gasteiger partial charge in [0.05, 0.1) is 5.56 Å². The quantitative estimate of drug-likeness (QED) is 0.692. The first-order valence-electron chi connectivity index (χ1n) is 5.87. The molecule has 0 fully saturated rings. The third-order valence-electron chi connectivity index (χ3n) is 3.16. The fraction of sp³-hybridized carbons (Fsp3) is 0.0625. The van der Waals surface area contributed by atoms with Crippen LogP contribution in [-0.2, 0) is 32.4 Å². The van der Waals surface area contributed by atoms with E-state index >= 15 is 0 Å². The first-order valence-corrected chi connectivity index (χ1v) is 5.87. The molecule has 0 bridgehead atoms. The largest absolute Gasteiger partial charge is 0.416 e. The fourth-order valence-electron chi connectivity index (χ4n) is 2.17. The molecule has 0 spiro atoms. The van der Waals surface area contributed by atoms with Gasteiger partial charge in [-0.3, -0.25) is 0 Å². The molecule has 3 rings (SSSR count). The molecule has 2 aromatic carbocycles. The molecule has 2 aromatic rings. The van der Waals surface area contributed by atoms with Crippen LogP contribution in [0.4, 0.5) is 13.2 Å². The Bertz CT molecular complexity index is 640. The van der Waals surface area contributed by atoms with Gasteiger partial charge in [0, 0.05) is 32.6 Å². The molecule has 0 saturated carbocycles. The Morgan fingerprint density at radius 2 is 1.35 bits per heavy atom. The summed E-state index contributed by atoms with van der Waals surface area (Å²) in [6.45, 7) is 0. The van der Waals surface area contributed by atoms with Crippen LogP contribution in [-0.4, -0.2) is 0 Å². The minimum Gasteiger partial charge on any atom is -0.166 e. The van der Waals surface area contributed by atoms with E-state index in [1.54, 1.807) is 0 Å². The van der Waals surface area contributed by atoms with Crippen molar-refractivity contribution >= 4 is 11.6 Å². The standard InChI is InChI=1S/C16H10F3.Zr/c17-16(18,19)15-7-5-11(6-8-15)14-9-12-3-1-2-4-13(12)10-14;/h1-10H;. The number of hydrogen-bond donors (Lipinski definition) is 0. The Morgan fingerprint density at radius 3 is 1.90 bits per heavy atom. The number of alkyl halides is 3. The van der Waals surface area contributed by atoms with E-state index in [4.69, 9.17) is 0 Å². The van der Waals surface area contributed by atoms with Gasteiger partial charge in [-0.2, -0.15) is 13.2 Å². The zero-order valence-corrected chi connectivity index (χ0v) is 12.9. The van der Waals surface area contributed by atoms with Gasteiger partial charge in [0.2, 0.25) is 0 Å². The Labute approximate surface area is 134 Å². The summed E-state index contributed by atoms with van der Waals surface area (Å²) in [6.07, 6.45) is -0.314. The number of allylic oxidation sites excluding steroid dienone is 1. The van der Waals surface area contributed by atoms with E-state index in [9.17, 15) is 13.2 Å². The molecule has 0 N–H and O–H groups in total. The molecule has 1 aliphatic rings. The van der Waals surface area contributed by atoms with Crippen LogP contribution in [0.3, 0.4) is 0 Å². The Kier molecular flexibility index (Phi) is 4.34. The molecular weight excluding hydrogens is 340 g/mol. The predicted octanol–water partition coefficient (Wildman–Crippen LogP) is 4.81. The minimum atomic E-state index is -4.28. The average molecular weight is 350 g/mol. The first-order chi connectivity index (χ1) is 9.04. The first kappa shape index (κ1) is 15.2. The van der Waals surface area contributed by atoms with Crippen LogP contribution < -0.4 is 0 Å². The molecule has 0 nitrogen and oxygen atoms in total. The van der Waals surface area contributed by atoms with E-state index in [-0.39, 0.29) is 26.2 Å². The van der Waals surface area contributed by atoms with Gasteiger partial charge in [-0.1, -0.05) is 42.5 Å². The Morgan fingerprint density at radius 1 is 0.750 bits per heavy atom. The summed E-state index contributed by atoms with van der Waals surface area (Å²) >= 11 is 0. The van der Waals surface area contributed by atoms with Gasteiger partial charge in [0.15, 0.2) is 0 Å². The molecule has 0 aromatic heterocycles. The zero-order chi connectivity index (χ0) is 13.5. The second-order valence-corrected chi connectivity index (χ2v) is 4.45. The van der Waals surface area contributed by atoms with Gasteiger partial charge in [0.25, 0.3) is 0 Å². The molecule has 0 aliphatic heterocycles. The molecule has 4 heteroatoms. The number of fused-ring (bicyclic) bond motifs is 1. The Hall–Kier alpha value is -1.15. The topological polar surface area (TPSA) is 0 Å². The van der Waals surface area contributed by atoms with E-state index in [0.29, 0.717) is 0 Å². The normalized spacial score (nSPS) is 13.4. The molecule has 20 heavy (non-hydrogen) atoms. The zero-order valence-electron chi connectivity index (χ0n) is 10.4. The summed E-state index contributed by atoms with van der Waals surface area (Å²) in [5.41, 5.74) is 3.31. The van der Waals surface area contributed by atoms with Crippen molar-refractivity contribution in [2.24, 2.45) is 0 Å². The van der Waals surface area contributed by atoms with Crippen LogP contribution in [0.5, 0.6) is 0 Å². The number of rotatable bonds is 1. The summed E-state index contributed by atoms with van der Waals surface area (Å²) in [6, 6.07) is 13.1. The summed E-state index contributed by atoms with van der Waals surface area (Å²) in [5, 5.41) is 0. The second kappa shape index (κ2) is 5.69. The van der Waals surface area contributed by atoms with Crippen molar-refractivity contribution in [1.29, 1.82) is 0 Å². The van der Waals surface area contributed by atoms with Crippen molar-refractivity contribution in [3.8, 4) is 0 Å². The van der Waals surface area contributed by atoms with E-state index in [2.05, 4.69) is 0 Å². The van der Waals surface area contributed by atoms with Crippen molar-refractivity contribution < 1.29 is 39.4 Å². The van der Waals surface area contributed by atoms with Gasteiger partial charge in [0.1, 0.15) is 0 Å². The van der Waals surface area contributed by atoms with Gasteiger partial charge in [-0.15, -0.1) is 0 Å². The maximum Gasteiger partial charge on any atom is 0.416 e. The van der Waals surface area contributed by atoms with Gasteiger partial charge >= 0.3 is 6.18 Å². The van der Waals surface area contributed by atoms with Crippen molar-refractivity contribution in [3.63, 3.8) is 0 Å². The average Bonchev–Trinajstić information content (AvgIpc) is 2.81. The molecule has 0 heterocycles. The van der Waals surface area contributed by atoms with Crippen LogP contribution >= 0.6 is 0 Å². The molecule has 0 atom stereocenters. The maximum absolute atomic E-state index is 12.5. The second-order valence-electron chi connectivity index (χ2n) is 4.45. The Balaban J connectivity index is 0.00000147. The van der Waals surface area contributed by atoms with Crippen LogP contribution in [0.1, 0.15) is 22.3 Å². The monoisotopic (exact) mass is 349 g/mol. The molecule has 1 radical (unpaired) electrons. The van der Waals surface area contributed by atoms with Gasteiger partial charge < -0.3 is 0 Å². The predicted molar refractivity (Wildman–Crippen MR) is 69.2 cm³/mol. The molecule has 0 unspecified atom stereocenters. The van der Waals surface area contributed by atoms with Crippen LogP contribution in [0.25, 0.3) is 11.6 Å². The van der Waals surface area contributed by atoms with Crippen molar-refractivity contribution in [2.45, 2.75) is 6.18 Å². The third kappa shape index (κ3) is 2.96. The minimum absolute atomic E-state index is 0. The number of benzene rings is 2. The van der Waals surface area contributed by atoms with Gasteiger partial charge in [-0.25, -0.2) is 0 Å². The molecule has 0 saturated heterocycles. The smallest absolute Gasteiger partial charge is 0.166 e. The van der Waals surface area contributed by atoms with Crippen molar-refractivity contribution in [1.82, 2.24) is 0 Å². The van der Waals surface area contributed by atoms with Crippen molar-refractivity contribution in [3.05, 3.63) is 77.2 Å². The van der Waals surface area contributed by atoms with E-state index in [1.807, 2.05) is 36.8 Å².